The first-order chi connectivity index (χ1) is 12.3. The Balaban J connectivity index is 3.77. The molecular weight excluding hydrogens is 314 g/mol. The zero-order chi connectivity index (χ0) is 18.6. The van der Waals surface area contributed by atoms with Gasteiger partial charge >= 0.3 is 0 Å². The van der Waals surface area contributed by atoms with E-state index in [9.17, 15) is 0 Å². The SMILES string of the molecule is N#CCCN(CCC#N)CCCNCCCN(CCC#N)CCC#N. The van der Waals surface area contributed by atoms with E-state index in [0.29, 0.717) is 25.7 Å². The largest absolute Gasteiger partial charge is 0.317 e. The molecule has 0 rings (SSSR count). The molecule has 0 aliphatic rings. The van der Waals surface area contributed by atoms with Crippen molar-refractivity contribution in [1.82, 2.24) is 15.1 Å². The van der Waals surface area contributed by atoms with E-state index < -0.39 is 0 Å². The van der Waals surface area contributed by atoms with E-state index in [-0.39, 0.29) is 0 Å². The lowest BCUT2D eigenvalue weighted by Crippen LogP contribution is -2.31. The van der Waals surface area contributed by atoms with Crippen molar-refractivity contribution in [2.75, 3.05) is 52.4 Å². The summed E-state index contributed by atoms with van der Waals surface area (Å²) < 4.78 is 0. The van der Waals surface area contributed by atoms with Crippen molar-refractivity contribution in [3.05, 3.63) is 0 Å². The van der Waals surface area contributed by atoms with Crippen LogP contribution >= 0.6 is 0 Å². The van der Waals surface area contributed by atoms with Crippen LogP contribution in [0, 0.1) is 45.3 Å². The van der Waals surface area contributed by atoms with Gasteiger partial charge in [-0.1, -0.05) is 0 Å². The second kappa shape index (κ2) is 18.2. The van der Waals surface area contributed by atoms with E-state index in [1.54, 1.807) is 0 Å². The third kappa shape index (κ3) is 15.1. The number of nitrogens with zero attached hydrogens (tertiary/aromatic N) is 6. The molecule has 0 saturated heterocycles. The quantitative estimate of drug-likeness (QED) is 0.423. The molecule has 0 aliphatic carbocycles. The van der Waals surface area contributed by atoms with Crippen molar-refractivity contribution < 1.29 is 0 Å². The van der Waals surface area contributed by atoms with Crippen LogP contribution in [0.4, 0.5) is 0 Å². The fourth-order valence-corrected chi connectivity index (χ4v) is 2.48. The molecule has 1 N–H and O–H groups in total. The minimum absolute atomic E-state index is 0.500. The minimum atomic E-state index is 0.500. The smallest absolute Gasteiger partial charge is 0.0635 e. The van der Waals surface area contributed by atoms with Crippen molar-refractivity contribution in [2.45, 2.75) is 38.5 Å². The van der Waals surface area contributed by atoms with Gasteiger partial charge in [0, 0.05) is 51.9 Å². The maximum atomic E-state index is 8.67. The molecule has 0 atom stereocenters. The highest BCUT2D eigenvalue weighted by Gasteiger charge is 2.05. The van der Waals surface area contributed by atoms with Gasteiger partial charge in [0.1, 0.15) is 0 Å². The standard InChI is InChI=1S/C18H29N7/c19-7-1-13-24(14-2-8-20)17-5-11-23-12-6-18-25(15-3-9-21)16-4-10-22/h23H,1-6,11-18H2. The van der Waals surface area contributed by atoms with Gasteiger partial charge in [-0.05, 0) is 39.0 Å². The van der Waals surface area contributed by atoms with Crippen molar-refractivity contribution in [3.8, 4) is 24.3 Å². The maximum absolute atomic E-state index is 8.67. The minimum Gasteiger partial charge on any atom is -0.317 e. The summed E-state index contributed by atoms with van der Waals surface area (Å²) in [5.74, 6) is 0. The second-order valence-electron chi connectivity index (χ2n) is 5.77. The molecule has 0 saturated carbocycles. The molecule has 0 radical (unpaired) electrons. The van der Waals surface area contributed by atoms with Crippen LogP contribution in [0.5, 0.6) is 0 Å². The van der Waals surface area contributed by atoms with Crippen molar-refractivity contribution in [2.24, 2.45) is 0 Å². The van der Waals surface area contributed by atoms with E-state index in [4.69, 9.17) is 21.0 Å². The predicted octanol–water partition coefficient (Wildman–Crippen LogP) is 1.61. The van der Waals surface area contributed by atoms with Gasteiger partial charge in [0.05, 0.1) is 24.3 Å². The van der Waals surface area contributed by atoms with Crippen molar-refractivity contribution in [1.29, 1.82) is 21.0 Å². The summed E-state index contributed by atoms with van der Waals surface area (Å²) in [5, 5.41) is 38.1. The Morgan fingerprint density at radius 3 is 1.12 bits per heavy atom. The molecule has 25 heavy (non-hydrogen) atoms. The molecule has 0 bridgehead atoms. The fraction of sp³-hybridized carbons (Fsp3) is 0.778. The van der Waals surface area contributed by atoms with Crippen LogP contribution in [0.15, 0.2) is 0 Å². The lowest BCUT2D eigenvalue weighted by Gasteiger charge is -2.20. The van der Waals surface area contributed by atoms with E-state index in [1.807, 2.05) is 0 Å². The summed E-state index contributed by atoms with van der Waals surface area (Å²) in [4.78, 5) is 4.33. The van der Waals surface area contributed by atoms with Crippen molar-refractivity contribution >= 4 is 0 Å². The molecule has 0 aromatic rings. The molecule has 0 amide bonds. The molecule has 0 fully saturated rings. The lowest BCUT2D eigenvalue weighted by molar-refractivity contribution is 0.274. The van der Waals surface area contributed by atoms with Crippen LogP contribution in [0.2, 0.25) is 0 Å². The average Bonchev–Trinajstić information content (AvgIpc) is 2.63. The molecule has 0 aromatic heterocycles. The zero-order valence-corrected chi connectivity index (χ0v) is 15.1. The predicted molar refractivity (Wildman–Crippen MR) is 95.9 cm³/mol. The van der Waals surface area contributed by atoms with Crippen LogP contribution in [-0.2, 0) is 0 Å². The zero-order valence-electron chi connectivity index (χ0n) is 15.1. The summed E-state index contributed by atoms with van der Waals surface area (Å²) >= 11 is 0. The van der Waals surface area contributed by atoms with Gasteiger partial charge in [0.2, 0.25) is 0 Å². The number of nitriles is 4. The Labute approximate surface area is 152 Å². The van der Waals surface area contributed by atoms with Crippen LogP contribution < -0.4 is 5.32 Å². The Kier molecular flexibility index (Phi) is 16.6. The average molecular weight is 343 g/mol. The summed E-state index contributed by atoms with van der Waals surface area (Å²) in [7, 11) is 0. The van der Waals surface area contributed by atoms with Crippen LogP contribution in [-0.4, -0.2) is 62.2 Å². The summed E-state index contributed by atoms with van der Waals surface area (Å²) in [6, 6.07) is 8.59. The molecule has 7 heteroatoms. The second-order valence-corrected chi connectivity index (χ2v) is 5.77. The van der Waals surface area contributed by atoms with E-state index in [0.717, 1.165) is 65.2 Å². The van der Waals surface area contributed by atoms with E-state index in [1.165, 1.54) is 0 Å². The maximum Gasteiger partial charge on any atom is 0.0635 e. The lowest BCUT2D eigenvalue weighted by atomic mass is 10.3. The number of nitrogens with one attached hydrogen (secondary N) is 1. The van der Waals surface area contributed by atoms with Gasteiger partial charge in [0.25, 0.3) is 0 Å². The molecule has 0 unspecified atom stereocenters. The van der Waals surface area contributed by atoms with Gasteiger partial charge in [-0.15, -0.1) is 0 Å². The molecular formula is C18H29N7. The number of hydrogen-bond donors (Lipinski definition) is 1. The van der Waals surface area contributed by atoms with Gasteiger partial charge < -0.3 is 15.1 Å². The Bertz CT molecular complexity index is 398. The number of rotatable bonds is 16. The van der Waals surface area contributed by atoms with Gasteiger partial charge in [-0.2, -0.15) is 21.0 Å². The van der Waals surface area contributed by atoms with Crippen LogP contribution in [0.25, 0.3) is 0 Å². The first-order valence-corrected chi connectivity index (χ1v) is 8.91. The Morgan fingerprint density at radius 1 is 0.520 bits per heavy atom. The fourth-order valence-electron chi connectivity index (χ4n) is 2.48. The highest BCUT2D eigenvalue weighted by Crippen LogP contribution is 1.97. The molecule has 0 heterocycles. The van der Waals surface area contributed by atoms with Gasteiger partial charge in [-0.3, -0.25) is 0 Å². The number of hydrogen-bond acceptors (Lipinski definition) is 7. The molecule has 7 nitrogen and oxygen atoms in total. The summed E-state index contributed by atoms with van der Waals surface area (Å²) in [6.45, 7) is 6.52. The molecule has 0 aromatic carbocycles. The summed E-state index contributed by atoms with van der Waals surface area (Å²) in [6.07, 6.45) is 3.98. The third-order valence-electron chi connectivity index (χ3n) is 3.82. The molecule has 0 spiro atoms. The normalized spacial score (nSPS) is 10.2. The van der Waals surface area contributed by atoms with Crippen LogP contribution in [0.1, 0.15) is 38.5 Å². The third-order valence-corrected chi connectivity index (χ3v) is 3.82. The topological polar surface area (TPSA) is 114 Å². The van der Waals surface area contributed by atoms with E-state index in [2.05, 4.69) is 39.4 Å². The first kappa shape index (κ1) is 22.8. The highest BCUT2D eigenvalue weighted by molar-refractivity contribution is 4.77. The van der Waals surface area contributed by atoms with Gasteiger partial charge in [0.15, 0.2) is 0 Å². The van der Waals surface area contributed by atoms with E-state index >= 15 is 0 Å². The molecule has 0 aliphatic heterocycles. The van der Waals surface area contributed by atoms with Crippen molar-refractivity contribution in [3.63, 3.8) is 0 Å². The monoisotopic (exact) mass is 343 g/mol. The Hall–Kier alpha value is -2.16. The molecule has 136 valence electrons. The first-order valence-electron chi connectivity index (χ1n) is 8.91. The van der Waals surface area contributed by atoms with Gasteiger partial charge in [-0.25, -0.2) is 0 Å². The van der Waals surface area contributed by atoms with Crippen LogP contribution in [0.3, 0.4) is 0 Å². The highest BCUT2D eigenvalue weighted by atomic mass is 15.1. The summed E-state index contributed by atoms with van der Waals surface area (Å²) in [5.41, 5.74) is 0. The Morgan fingerprint density at radius 2 is 0.840 bits per heavy atom.